The molecular formula is C14H11Br2N3OS. The summed E-state index contributed by atoms with van der Waals surface area (Å²) in [6, 6.07) is 5.93. The van der Waals surface area contributed by atoms with Gasteiger partial charge in [-0.05, 0) is 28.1 Å². The fourth-order valence-corrected chi connectivity index (χ4v) is 4.10. The zero-order valence-corrected chi connectivity index (χ0v) is 15.3. The normalized spacial score (nSPS) is 10.9. The minimum atomic E-state index is 0.683. The van der Waals surface area contributed by atoms with E-state index >= 15 is 0 Å². The highest BCUT2D eigenvalue weighted by Gasteiger charge is 2.13. The van der Waals surface area contributed by atoms with Crippen LogP contribution in [-0.2, 0) is 0 Å². The average molecular weight is 429 g/mol. The van der Waals surface area contributed by atoms with Crippen LogP contribution in [-0.4, -0.2) is 24.1 Å². The Morgan fingerprint density at radius 3 is 2.67 bits per heavy atom. The first-order valence-corrected chi connectivity index (χ1v) is 8.56. The second kappa shape index (κ2) is 5.90. The van der Waals surface area contributed by atoms with Crippen LogP contribution in [0.1, 0.15) is 0 Å². The third-order valence-electron chi connectivity index (χ3n) is 2.99. The molecule has 0 bridgehead atoms. The Kier molecular flexibility index (Phi) is 4.14. The Labute approximate surface area is 142 Å². The fourth-order valence-electron chi connectivity index (χ4n) is 2.00. The molecule has 2 aromatic heterocycles. The summed E-state index contributed by atoms with van der Waals surface area (Å²) < 4.78 is 7.13. The molecule has 0 aliphatic carbocycles. The van der Waals surface area contributed by atoms with Crippen molar-refractivity contribution in [2.24, 2.45) is 0 Å². The number of rotatable bonds is 3. The van der Waals surface area contributed by atoms with Crippen molar-refractivity contribution in [2.75, 3.05) is 19.5 Å². The van der Waals surface area contributed by atoms with Crippen molar-refractivity contribution in [3.8, 4) is 16.5 Å². The van der Waals surface area contributed by atoms with Gasteiger partial charge in [0, 0.05) is 32.8 Å². The fraction of sp³-hybridized carbons (Fsp3) is 0.143. The van der Waals surface area contributed by atoms with Crippen LogP contribution < -0.4 is 10.1 Å². The minimum absolute atomic E-state index is 0.683. The largest absolute Gasteiger partial charge is 0.496 e. The molecule has 0 unspecified atom stereocenters. The van der Waals surface area contributed by atoms with Crippen LogP contribution in [0.2, 0.25) is 0 Å². The van der Waals surface area contributed by atoms with E-state index in [2.05, 4.69) is 47.1 Å². The lowest BCUT2D eigenvalue weighted by Crippen LogP contribution is -1.98. The first kappa shape index (κ1) is 14.7. The van der Waals surface area contributed by atoms with Crippen molar-refractivity contribution in [3.63, 3.8) is 0 Å². The van der Waals surface area contributed by atoms with Crippen molar-refractivity contribution in [2.45, 2.75) is 0 Å². The highest BCUT2D eigenvalue weighted by atomic mass is 79.9. The van der Waals surface area contributed by atoms with E-state index in [1.165, 1.54) is 0 Å². The molecule has 0 aliphatic rings. The first-order chi connectivity index (χ1) is 10.1. The first-order valence-electron chi connectivity index (χ1n) is 6.10. The molecule has 0 saturated heterocycles. The van der Waals surface area contributed by atoms with E-state index in [4.69, 9.17) is 4.74 Å². The Morgan fingerprint density at radius 2 is 2.00 bits per heavy atom. The number of fused-ring (bicyclic) bond motifs is 1. The number of benzene rings is 1. The van der Waals surface area contributed by atoms with Gasteiger partial charge in [-0.2, -0.15) is 0 Å². The van der Waals surface area contributed by atoms with Crippen LogP contribution >= 0.6 is 43.2 Å². The van der Waals surface area contributed by atoms with Gasteiger partial charge in [0.15, 0.2) is 5.82 Å². The number of hydrogen-bond donors (Lipinski definition) is 1. The number of halogens is 2. The number of hydrogen-bond acceptors (Lipinski definition) is 5. The maximum absolute atomic E-state index is 5.22. The number of ether oxygens (including phenoxy) is 1. The minimum Gasteiger partial charge on any atom is -0.496 e. The standard InChI is InChI=1S/C14H11Br2N3OS/c1-17-13-9-3-7(15)4-10(16)12(9)18-14(19-13)11-5-8(20-2)6-21-11/h3-6H,1-2H3,(H,17,18,19). The molecule has 108 valence electrons. The smallest absolute Gasteiger partial charge is 0.172 e. The van der Waals surface area contributed by atoms with Gasteiger partial charge in [0.05, 0.1) is 17.5 Å². The molecule has 0 atom stereocenters. The molecule has 2 heterocycles. The zero-order valence-electron chi connectivity index (χ0n) is 11.3. The number of anilines is 1. The van der Waals surface area contributed by atoms with Crippen molar-refractivity contribution >= 4 is 59.9 Å². The summed E-state index contributed by atoms with van der Waals surface area (Å²) in [5.74, 6) is 2.30. The van der Waals surface area contributed by atoms with Gasteiger partial charge in [-0.3, -0.25) is 0 Å². The zero-order chi connectivity index (χ0) is 15.0. The molecule has 3 rings (SSSR count). The van der Waals surface area contributed by atoms with E-state index in [1.54, 1.807) is 18.4 Å². The van der Waals surface area contributed by atoms with Gasteiger partial charge in [0.2, 0.25) is 0 Å². The van der Waals surface area contributed by atoms with Crippen LogP contribution in [0.3, 0.4) is 0 Å². The summed E-state index contributed by atoms with van der Waals surface area (Å²) in [7, 11) is 3.51. The molecule has 0 spiro atoms. The quantitative estimate of drug-likeness (QED) is 0.642. The highest BCUT2D eigenvalue weighted by molar-refractivity contribution is 9.11. The molecule has 0 saturated carbocycles. The van der Waals surface area contributed by atoms with E-state index in [0.29, 0.717) is 5.82 Å². The molecule has 21 heavy (non-hydrogen) atoms. The van der Waals surface area contributed by atoms with Gasteiger partial charge < -0.3 is 10.1 Å². The third kappa shape index (κ3) is 2.77. The number of aromatic nitrogens is 2. The van der Waals surface area contributed by atoms with Crippen molar-refractivity contribution in [1.82, 2.24) is 9.97 Å². The number of thiophene rings is 1. The van der Waals surface area contributed by atoms with Crippen molar-refractivity contribution in [1.29, 1.82) is 0 Å². The molecule has 3 aromatic rings. The maximum Gasteiger partial charge on any atom is 0.172 e. The maximum atomic E-state index is 5.22. The predicted molar refractivity (Wildman–Crippen MR) is 94.3 cm³/mol. The Balaban J connectivity index is 2.25. The Bertz CT molecular complexity index is 819. The van der Waals surface area contributed by atoms with E-state index < -0.39 is 0 Å². The van der Waals surface area contributed by atoms with Gasteiger partial charge >= 0.3 is 0 Å². The molecule has 7 heteroatoms. The lowest BCUT2D eigenvalue weighted by atomic mass is 10.2. The van der Waals surface area contributed by atoms with Gasteiger partial charge in [-0.15, -0.1) is 11.3 Å². The summed E-state index contributed by atoms with van der Waals surface area (Å²) in [6.07, 6.45) is 0. The van der Waals surface area contributed by atoms with Crippen LogP contribution in [0.4, 0.5) is 5.82 Å². The third-order valence-corrected chi connectivity index (χ3v) is 4.95. The molecule has 0 amide bonds. The molecule has 4 nitrogen and oxygen atoms in total. The van der Waals surface area contributed by atoms with E-state index in [9.17, 15) is 0 Å². The van der Waals surface area contributed by atoms with Crippen LogP contribution in [0.15, 0.2) is 32.5 Å². The number of methoxy groups -OCH3 is 1. The molecular weight excluding hydrogens is 418 g/mol. The van der Waals surface area contributed by atoms with Crippen LogP contribution in [0.5, 0.6) is 5.75 Å². The van der Waals surface area contributed by atoms with Gasteiger partial charge in [-0.1, -0.05) is 15.9 Å². The molecule has 1 aromatic carbocycles. The van der Waals surface area contributed by atoms with Gasteiger partial charge in [0.1, 0.15) is 11.6 Å². The van der Waals surface area contributed by atoms with Gasteiger partial charge in [-0.25, -0.2) is 9.97 Å². The van der Waals surface area contributed by atoms with E-state index in [-0.39, 0.29) is 0 Å². The average Bonchev–Trinajstić information content (AvgIpc) is 2.95. The van der Waals surface area contributed by atoms with Crippen LogP contribution in [0.25, 0.3) is 21.6 Å². The summed E-state index contributed by atoms with van der Waals surface area (Å²) >= 11 is 8.62. The summed E-state index contributed by atoms with van der Waals surface area (Å²) in [6.45, 7) is 0. The molecule has 0 fully saturated rings. The second-order valence-corrected chi connectivity index (χ2v) is 6.96. The number of nitrogens with one attached hydrogen (secondary N) is 1. The van der Waals surface area contributed by atoms with Crippen molar-refractivity contribution in [3.05, 3.63) is 32.5 Å². The van der Waals surface area contributed by atoms with Crippen molar-refractivity contribution < 1.29 is 4.74 Å². The van der Waals surface area contributed by atoms with Gasteiger partial charge in [0.25, 0.3) is 0 Å². The van der Waals surface area contributed by atoms with E-state index in [0.717, 1.165) is 36.3 Å². The Hall–Kier alpha value is -1.18. The number of nitrogens with zero attached hydrogens (tertiary/aromatic N) is 2. The highest BCUT2D eigenvalue weighted by Crippen LogP contribution is 2.35. The van der Waals surface area contributed by atoms with Crippen LogP contribution in [0, 0.1) is 0 Å². The monoisotopic (exact) mass is 427 g/mol. The second-order valence-electron chi connectivity index (χ2n) is 4.28. The SMILES string of the molecule is CNc1nc(-c2cc(OC)cs2)nc2c(Br)cc(Br)cc12. The Morgan fingerprint density at radius 1 is 1.19 bits per heavy atom. The topological polar surface area (TPSA) is 47.0 Å². The summed E-state index contributed by atoms with van der Waals surface area (Å²) in [5, 5.41) is 6.04. The lowest BCUT2D eigenvalue weighted by molar-refractivity contribution is 0.417. The molecule has 0 radical (unpaired) electrons. The molecule has 0 aliphatic heterocycles. The predicted octanol–water partition coefficient (Wildman–Crippen LogP) is 4.93. The van der Waals surface area contributed by atoms with E-state index in [1.807, 2.05) is 30.6 Å². The summed E-state index contributed by atoms with van der Waals surface area (Å²) in [5.41, 5.74) is 0.875. The summed E-state index contributed by atoms with van der Waals surface area (Å²) in [4.78, 5) is 10.3. The molecule has 1 N–H and O–H groups in total. The lowest BCUT2D eigenvalue weighted by Gasteiger charge is -2.09.